The molecule has 0 aromatic heterocycles. The van der Waals surface area contributed by atoms with E-state index >= 15 is 0 Å². The number of amides is 2. The van der Waals surface area contributed by atoms with Crippen LogP contribution in [0.1, 0.15) is 39.5 Å². The van der Waals surface area contributed by atoms with Crippen molar-refractivity contribution in [3.63, 3.8) is 0 Å². The molecule has 2 amide bonds. The first-order valence-corrected chi connectivity index (χ1v) is 5.31. The van der Waals surface area contributed by atoms with E-state index in [1.807, 2.05) is 6.92 Å². The fourth-order valence-electron chi connectivity index (χ4n) is 1.26. The van der Waals surface area contributed by atoms with Gasteiger partial charge in [0.05, 0.1) is 6.04 Å². The molecule has 0 saturated heterocycles. The standard InChI is InChI=1S/C10H21N3O2/c1-3-4-5-8(11)10(15)13-7(2)6-9(12)14/h7-8H,3-6,11H2,1-2H3,(H2,12,14)(H,13,15)/t7?,8-/m0/s1. The maximum atomic E-state index is 11.5. The lowest BCUT2D eigenvalue weighted by molar-refractivity contribution is -0.123. The van der Waals surface area contributed by atoms with Crippen molar-refractivity contribution in [2.75, 3.05) is 0 Å². The fourth-order valence-corrected chi connectivity index (χ4v) is 1.26. The predicted octanol–water partition coefficient (Wildman–Crippen LogP) is -0.116. The Morgan fingerprint density at radius 3 is 2.47 bits per heavy atom. The quantitative estimate of drug-likeness (QED) is 0.552. The van der Waals surface area contributed by atoms with Crippen LogP contribution < -0.4 is 16.8 Å². The van der Waals surface area contributed by atoms with E-state index < -0.39 is 11.9 Å². The molecule has 0 radical (unpaired) electrons. The van der Waals surface area contributed by atoms with Crippen molar-refractivity contribution < 1.29 is 9.59 Å². The smallest absolute Gasteiger partial charge is 0.237 e. The lowest BCUT2D eigenvalue weighted by Gasteiger charge is -2.16. The molecule has 5 heteroatoms. The Morgan fingerprint density at radius 2 is 2.00 bits per heavy atom. The van der Waals surface area contributed by atoms with Crippen molar-refractivity contribution in [2.24, 2.45) is 11.5 Å². The number of unbranched alkanes of at least 4 members (excludes halogenated alkanes) is 1. The normalized spacial score (nSPS) is 14.3. The van der Waals surface area contributed by atoms with E-state index in [-0.39, 0.29) is 18.4 Å². The van der Waals surface area contributed by atoms with Crippen LogP contribution in [0.25, 0.3) is 0 Å². The monoisotopic (exact) mass is 215 g/mol. The summed E-state index contributed by atoms with van der Waals surface area (Å²) in [5.74, 6) is -0.637. The van der Waals surface area contributed by atoms with Crippen molar-refractivity contribution in [3.05, 3.63) is 0 Å². The van der Waals surface area contributed by atoms with E-state index in [4.69, 9.17) is 11.5 Å². The molecule has 0 aliphatic rings. The molecule has 0 bridgehead atoms. The summed E-state index contributed by atoms with van der Waals surface area (Å²) >= 11 is 0. The third kappa shape index (κ3) is 6.90. The number of rotatable bonds is 7. The van der Waals surface area contributed by atoms with E-state index in [0.29, 0.717) is 6.42 Å². The van der Waals surface area contributed by atoms with Crippen LogP contribution in [0.3, 0.4) is 0 Å². The molecule has 0 aromatic carbocycles. The van der Waals surface area contributed by atoms with E-state index in [1.54, 1.807) is 6.92 Å². The zero-order valence-corrected chi connectivity index (χ0v) is 9.45. The first-order chi connectivity index (χ1) is 6.97. The number of primary amides is 1. The largest absolute Gasteiger partial charge is 0.370 e. The first-order valence-electron chi connectivity index (χ1n) is 5.31. The molecule has 5 nitrogen and oxygen atoms in total. The van der Waals surface area contributed by atoms with E-state index in [2.05, 4.69) is 5.32 Å². The molecule has 5 N–H and O–H groups in total. The highest BCUT2D eigenvalue weighted by Crippen LogP contribution is 1.99. The van der Waals surface area contributed by atoms with Crippen LogP contribution in [0, 0.1) is 0 Å². The van der Waals surface area contributed by atoms with Crippen LogP contribution in [0.15, 0.2) is 0 Å². The van der Waals surface area contributed by atoms with E-state index in [1.165, 1.54) is 0 Å². The van der Waals surface area contributed by atoms with Crippen LogP contribution in [0.4, 0.5) is 0 Å². The molecule has 2 atom stereocenters. The first kappa shape index (κ1) is 13.9. The molecule has 0 saturated carbocycles. The highest BCUT2D eigenvalue weighted by Gasteiger charge is 2.15. The van der Waals surface area contributed by atoms with Crippen molar-refractivity contribution in [1.82, 2.24) is 5.32 Å². The van der Waals surface area contributed by atoms with Gasteiger partial charge in [-0.3, -0.25) is 9.59 Å². The topological polar surface area (TPSA) is 98.2 Å². The summed E-state index contributed by atoms with van der Waals surface area (Å²) in [6.45, 7) is 3.77. The molecule has 0 aliphatic heterocycles. The van der Waals surface area contributed by atoms with Crippen molar-refractivity contribution in [3.8, 4) is 0 Å². The Hall–Kier alpha value is -1.10. The SMILES string of the molecule is CCCC[C@H](N)C(=O)NC(C)CC(N)=O. The van der Waals surface area contributed by atoms with E-state index in [9.17, 15) is 9.59 Å². The molecule has 0 rings (SSSR count). The summed E-state index contributed by atoms with van der Waals surface area (Å²) in [5, 5.41) is 2.66. The van der Waals surface area contributed by atoms with E-state index in [0.717, 1.165) is 12.8 Å². The molecule has 0 fully saturated rings. The predicted molar refractivity (Wildman–Crippen MR) is 58.9 cm³/mol. The highest BCUT2D eigenvalue weighted by molar-refractivity contribution is 5.82. The van der Waals surface area contributed by atoms with Gasteiger partial charge in [-0.2, -0.15) is 0 Å². The molecule has 0 heterocycles. The Morgan fingerprint density at radius 1 is 1.40 bits per heavy atom. The minimum absolute atomic E-state index is 0.145. The maximum Gasteiger partial charge on any atom is 0.237 e. The molecule has 0 aliphatic carbocycles. The zero-order chi connectivity index (χ0) is 11.8. The van der Waals surface area contributed by atoms with Gasteiger partial charge in [0.2, 0.25) is 11.8 Å². The molecule has 0 spiro atoms. The lowest BCUT2D eigenvalue weighted by Crippen LogP contribution is -2.45. The average molecular weight is 215 g/mol. The van der Waals surface area contributed by atoms with Gasteiger partial charge in [0.15, 0.2) is 0 Å². The van der Waals surface area contributed by atoms with Gasteiger partial charge in [0, 0.05) is 12.5 Å². The maximum absolute atomic E-state index is 11.5. The summed E-state index contributed by atoms with van der Waals surface area (Å²) in [7, 11) is 0. The summed E-state index contributed by atoms with van der Waals surface area (Å²) in [5.41, 5.74) is 10.7. The van der Waals surface area contributed by atoms with Gasteiger partial charge < -0.3 is 16.8 Å². The molecule has 15 heavy (non-hydrogen) atoms. The van der Waals surface area contributed by atoms with Crippen molar-refractivity contribution in [2.45, 2.75) is 51.6 Å². The summed E-state index contributed by atoms with van der Waals surface area (Å²) in [4.78, 5) is 22.0. The summed E-state index contributed by atoms with van der Waals surface area (Å²) in [6, 6.07) is -0.733. The number of nitrogens with two attached hydrogens (primary N) is 2. The summed E-state index contributed by atoms with van der Waals surface area (Å²) < 4.78 is 0. The molecule has 1 unspecified atom stereocenters. The Labute approximate surface area is 90.6 Å². The van der Waals surface area contributed by atoms with Gasteiger partial charge >= 0.3 is 0 Å². The highest BCUT2D eigenvalue weighted by atomic mass is 16.2. The average Bonchev–Trinajstić information content (AvgIpc) is 2.12. The van der Waals surface area contributed by atoms with Crippen LogP contribution in [-0.2, 0) is 9.59 Å². The third-order valence-corrected chi connectivity index (χ3v) is 2.10. The van der Waals surface area contributed by atoms with Gasteiger partial charge in [-0.05, 0) is 13.3 Å². The van der Waals surface area contributed by atoms with Gasteiger partial charge in [0.25, 0.3) is 0 Å². The number of hydrogen-bond acceptors (Lipinski definition) is 3. The van der Waals surface area contributed by atoms with Crippen LogP contribution in [0.5, 0.6) is 0 Å². The number of hydrogen-bond donors (Lipinski definition) is 3. The molecular formula is C10H21N3O2. The molecule has 0 aromatic rings. The van der Waals surface area contributed by atoms with Crippen LogP contribution >= 0.6 is 0 Å². The van der Waals surface area contributed by atoms with Crippen LogP contribution in [0.2, 0.25) is 0 Å². The Balaban J connectivity index is 3.85. The van der Waals surface area contributed by atoms with Gasteiger partial charge in [-0.1, -0.05) is 19.8 Å². The van der Waals surface area contributed by atoms with Gasteiger partial charge in [0.1, 0.15) is 0 Å². The number of nitrogens with one attached hydrogen (secondary N) is 1. The van der Waals surface area contributed by atoms with Gasteiger partial charge in [-0.25, -0.2) is 0 Å². The second kappa shape index (κ2) is 7.23. The minimum atomic E-state index is -0.486. The Kier molecular flexibility index (Phi) is 6.70. The second-order valence-corrected chi connectivity index (χ2v) is 3.83. The van der Waals surface area contributed by atoms with Crippen molar-refractivity contribution in [1.29, 1.82) is 0 Å². The summed E-state index contributed by atoms with van der Waals surface area (Å²) in [6.07, 6.45) is 2.76. The van der Waals surface area contributed by atoms with Crippen molar-refractivity contribution >= 4 is 11.8 Å². The fraction of sp³-hybridized carbons (Fsp3) is 0.800. The number of carbonyl (C=O) groups is 2. The Bertz CT molecular complexity index is 219. The lowest BCUT2D eigenvalue weighted by atomic mass is 10.1. The second-order valence-electron chi connectivity index (χ2n) is 3.83. The third-order valence-electron chi connectivity index (χ3n) is 2.10. The zero-order valence-electron chi connectivity index (χ0n) is 9.45. The minimum Gasteiger partial charge on any atom is -0.370 e. The van der Waals surface area contributed by atoms with Gasteiger partial charge in [-0.15, -0.1) is 0 Å². The van der Waals surface area contributed by atoms with Crippen LogP contribution in [-0.4, -0.2) is 23.9 Å². The number of carbonyl (C=O) groups excluding carboxylic acids is 2. The molecular weight excluding hydrogens is 194 g/mol. The molecule has 88 valence electrons.